The summed E-state index contributed by atoms with van der Waals surface area (Å²) in [5.74, 6) is 0. The first-order valence-corrected chi connectivity index (χ1v) is 9.19. The van der Waals surface area contributed by atoms with Crippen molar-refractivity contribution in [3.63, 3.8) is 0 Å². The largest absolute Gasteiger partial charge is 0.326 e. The van der Waals surface area contributed by atoms with Crippen molar-refractivity contribution in [1.82, 2.24) is 0 Å². The average Bonchev–Trinajstić information content (AvgIpc) is 2.71. The third-order valence-corrected chi connectivity index (χ3v) is 6.17. The van der Waals surface area contributed by atoms with Gasteiger partial charge >= 0.3 is 16.2 Å². The Balaban J connectivity index is 1.87. The molecule has 1 aliphatic heterocycles. The highest BCUT2D eigenvalue weighted by molar-refractivity contribution is 7.94. The van der Waals surface area contributed by atoms with E-state index in [9.17, 15) is 13.2 Å². The van der Waals surface area contributed by atoms with Crippen molar-refractivity contribution < 1.29 is 13.2 Å². The topological polar surface area (TPSA) is 81.8 Å². The molecule has 0 spiro atoms. The van der Waals surface area contributed by atoms with Gasteiger partial charge in [0.15, 0.2) is 0 Å². The van der Waals surface area contributed by atoms with Crippen LogP contribution in [0.2, 0.25) is 5.02 Å². The smallest absolute Gasteiger partial charge is 0.307 e. The van der Waals surface area contributed by atoms with E-state index in [0.717, 1.165) is 5.56 Å². The van der Waals surface area contributed by atoms with Crippen molar-refractivity contribution in [2.75, 3.05) is 33.3 Å². The van der Waals surface area contributed by atoms with Crippen LogP contribution in [-0.4, -0.2) is 28.5 Å². The van der Waals surface area contributed by atoms with E-state index in [-0.39, 0.29) is 0 Å². The van der Waals surface area contributed by atoms with Gasteiger partial charge in [-0.2, -0.15) is 8.42 Å². The van der Waals surface area contributed by atoms with Crippen LogP contribution >= 0.6 is 11.6 Å². The van der Waals surface area contributed by atoms with E-state index in [1.165, 1.54) is 22.7 Å². The second-order valence-corrected chi connectivity index (χ2v) is 8.06. The van der Waals surface area contributed by atoms with Gasteiger partial charge in [-0.05, 0) is 36.8 Å². The number of aryl methyl sites for hydroxylation is 1. The molecule has 0 saturated carbocycles. The molecule has 0 bridgehead atoms. The van der Waals surface area contributed by atoms with E-state index in [1.807, 2.05) is 0 Å². The number of fused-ring (bicyclic) bond motifs is 1. The van der Waals surface area contributed by atoms with Crippen molar-refractivity contribution in [2.45, 2.75) is 6.92 Å². The van der Waals surface area contributed by atoms with Crippen LogP contribution in [0.15, 0.2) is 36.4 Å². The number of carbonyl (C=O) groups excluding carboxylic acids is 1. The zero-order valence-electron chi connectivity index (χ0n) is 13.9. The number of nitrogens with zero attached hydrogens (tertiary/aromatic N) is 2. The quantitative estimate of drug-likeness (QED) is 0.837. The molecule has 25 heavy (non-hydrogen) atoms. The monoisotopic (exact) mass is 380 g/mol. The summed E-state index contributed by atoms with van der Waals surface area (Å²) in [6.45, 7) is 1.80. The van der Waals surface area contributed by atoms with E-state index in [2.05, 4.69) is 10.6 Å². The summed E-state index contributed by atoms with van der Waals surface area (Å²) in [7, 11) is -0.591. The number of rotatable bonds is 2. The number of anilines is 4. The van der Waals surface area contributed by atoms with Gasteiger partial charge in [0.1, 0.15) is 0 Å². The number of nitrogens with one attached hydrogen (secondary N) is 2. The summed E-state index contributed by atoms with van der Waals surface area (Å²) >= 11 is 6.02. The normalized spacial score (nSPS) is 15.0. The van der Waals surface area contributed by atoms with Crippen LogP contribution < -0.4 is 19.2 Å². The predicted molar refractivity (Wildman–Crippen MR) is 101 cm³/mol. The Morgan fingerprint density at radius 1 is 1.00 bits per heavy atom. The van der Waals surface area contributed by atoms with Crippen LogP contribution in [0.3, 0.4) is 0 Å². The number of hydrogen-bond donors (Lipinski definition) is 2. The highest BCUT2D eigenvalue weighted by atomic mass is 35.5. The minimum absolute atomic E-state index is 0.427. The molecule has 0 fully saturated rings. The molecule has 2 amide bonds. The Labute approximate surface area is 151 Å². The number of urea groups is 1. The van der Waals surface area contributed by atoms with Crippen LogP contribution in [0.1, 0.15) is 5.56 Å². The number of benzene rings is 2. The number of para-hydroxylation sites is 1. The average molecular weight is 381 g/mol. The van der Waals surface area contributed by atoms with Gasteiger partial charge in [-0.25, -0.2) is 4.79 Å². The van der Waals surface area contributed by atoms with Gasteiger partial charge in [-0.3, -0.25) is 8.61 Å². The molecule has 0 unspecified atom stereocenters. The molecular weight excluding hydrogens is 364 g/mol. The third kappa shape index (κ3) is 2.98. The lowest BCUT2D eigenvalue weighted by Gasteiger charge is -2.14. The molecular formula is C16H17ClN4O3S. The van der Waals surface area contributed by atoms with E-state index in [0.29, 0.717) is 27.8 Å². The van der Waals surface area contributed by atoms with Crippen LogP contribution in [0.25, 0.3) is 0 Å². The lowest BCUT2D eigenvalue weighted by molar-refractivity contribution is 0.262. The van der Waals surface area contributed by atoms with Gasteiger partial charge in [0.05, 0.1) is 22.1 Å². The number of amides is 2. The molecule has 2 aromatic rings. The van der Waals surface area contributed by atoms with E-state index in [1.54, 1.807) is 43.3 Å². The Kier molecular flexibility index (Phi) is 4.26. The fourth-order valence-corrected chi connectivity index (χ4v) is 3.93. The molecule has 1 heterocycles. The lowest BCUT2D eigenvalue weighted by Crippen LogP contribution is -2.32. The molecule has 0 radical (unpaired) electrons. The maximum absolute atomic E-state index is 12.2. The van der Waals surface area contributed by atoms with Crippen LogP contribution in [0.4, 0.5) is 27.5 Å². The SMILES string of the molecule is Cc1cc2c(cc1NC(=O)Nc1ccccc1Cl)N(C)S(=O)(=O)N2C. The van der Waals surface area contributed by atoms with Crippen LogP contribution in [0, 0.1) is 6.92 Å². The fraction of sp³-hybridized carbons (Fsp3) is 0.188. The van der Waals surface area contributed by atoms with E-state index in [4.69, 9.17) is 11.6 Å². The summed E-state index contributed by atoms with van der Waals surface area (Å²) < 4.78 is 26.8. The Hall–Kier alpha value is -2.45. The van der Waals surface area contributed by atoms with Crippen molar-refractivity contribution >= 4 is 50.6 Å². The molecule has 0 aliphatic carbocycles. The summed E-state index contributed by atoms with van der Waals surface area (Å²) in [6, 6.07) is 9.79. The van der Waals surface area contributed by atoms with Crippen LogP contribution in [0.5, 0.6) is 0 Å². The van der Waals surface area contributed by atoms with Gasteiger partial charge in [-0.15, -0.1) is 0 Å². The van der Waals surface area contributed by atoms with Crippen molar-refractivity contribution in [3.8, 4) is 0 Å². The van der Waals surface area contributed by atoms with E-state index >= 15 is 0 Å². The first kappa shape index (κ1) is 17.4. The lowest BCUT2D eigenvalue weighted by atomic mass is 10.1. The summed E-state index contributed by atoms with van der Waals surface area (Å²) in [6.07, 6.45) is 0. The van der Waals surface area contributed by atoms with E-state index < -0.39 is 16.2 Å². The Morgan fingerprint density at radius 3 is 2.20 bits per heavy atom. The Morgan fingerprint density at radius 2 is 1.56 bits per heavy atom. The molecule has 3 rings (SSSR count). The second-order valence-electron chi connectivity index (χ2n) is 5.66. The first-order valence-electron chi connectivity index (χ1n) is 7.42. The molecule has 0 aromatic heterocycles. The standard InChI is InChI=1S/C16H17ClN4O3S/c1-10-8-14-15(21(3)25(23,24)20(14)2)9-13(10)19-16(22)18-12-7-5-4-6-11(12)17/h4-9H,1-3H3,(H2,18,19,22). The molecule has 0 saturated heterocycles. The van der Waals surface area contributed by atoms with Crippen molar-refractivity contribution in [1.29, 1.82) is 0 Å². The van der Waals surface area contributed by atoms with Gasteiger partial charge in [0.2, 0.25) is 0 Å². The Bertz CT molecular complexity index is 962. The zero-order chi connectivity index (χ0) is 18.4. The van der Waals surface area contributed by atoms with Gasteiger partial charge < -0.3 is 10.6 Å². The minimum atomic E-state index is -3.56. The molecule has 7 nitrogen and oxygen atoms in total. The maximum atomic E-state index is 12.2. The van der Waals surface area contributed by atoms with Gasteiger partial charge in [-0.1, -0.05) is 23.7 Å². The number of carbonyl (C=O) groups is 1. The number of halogens is 1. The molecule has 2 N–H and O–H groups in total. The first-order chi connectivity index (χ1) is 11.7. The highest BCUT2D eigenvalue weighted by Crippen LogP contribution is 2.41. The minimum Gasteiger partial charge on any atom is -0.307 e. The van der Waals surface area contributed by atoms with Crippen LogP contribution in [-0.2, 0) is 10.2 Å². The molecule has 132 valence electrons. The molecule has 2 aromatic carbocycles. The predicted octanol–water partition coefficient (Wildman–Crippen LogP) is 3.42. The maximum Gasteiger partial charge on any atom is 0.326 e. The molecule has 0 atom stereocenters. The molecule has 1 aliphatic rings. The molecule has 9 heteroatoms. The van der Waals surface area contributed by atoms with Crippen molar-refractivity contribution in [3.05, 3.63) is 47.0 Å². The summed E-state index contributed by atoms with van der Waals surface area (Å²) in [5, 5.41) is 5.82. The zero-order valence-corrected chi connectivity index (χ0v) is 15.4. The second kappa shape index (κ2) is 6.12. The number of hydrogen-bond acceptors (Lipinski definition) is 3. The summed E-state index contributed by atoms with van der Waals surface area (Å²) in [5.41, 5.74) is 2.81. The highest BCUT2D eigenvalue weighted by Gasteiger charge is 2.36. The third-order valence-electron chi connectivity index (χ3n) is 4.06. The van der Waals surface area contributed by atoms with Gasteiger partial charge in [0.25, 0.3) is 0 Å². The fourth-order valence-electron chi connectivity index (χ4n) is 2.59. The van der Waals surface area contributed by atoms with Gasteiger partial charge in [0, 0.05) is 19.8 Å². The summed E-state index contributed by atoms with van der Waals surface area (Å²) in [4.78, 5) is 12.2. The van der Waals surface area contributed by atoms with Crippen molar-refractivity contribution in [2.24, 2.45) is 0 Å².